The number of aromatic nitrogens is 3. The molecule has 1 aliphatic carbocycles. The Labute approximate surface area is 208 Å². The molecule has 1 aromatic heterocycles. The van der Waals surface area contributed by atoms with Gasteiger partial charge in [0.25, 0.3) is 0 Å². The predicted molar refractivity (Wildman–Crippen MR) is 132 cm³/mol. The van der Waals surface area contributed by atoms with Crippen LogP contribution in [0.15, 0.2) is 59.8 Å². The molecule has 3 aromatic rings. The second-order valence-electron chi connectivity index (χ2n) is 8.64. The summed E-state index contributed by atoms with van der Waals surface area (Å²) in [5.74, 6) is 1.60. The maximum absolute atomic E-state index is 12.9. The Morgan fingerprint density at radius 3 is 2.26 bits per heavy atom. The number of amides is 2. The maximum Gasteiger partial charge on any atom is 0.233 e. The van der Waals surface area contributed by atoms with Crippen molar-refractivity contribution in [3.8, 4) is 5.69 Å². The highest BCUT2D eigenvalue weighted by atomic mass is 35.5. The number of carbonyl (C=O) groups excluding carboxylic acids is 2. The van der Waals surface area contributed by atoms with Crippen LogP contribution in [-0.4, -0.2) is 68.3 Å². The molecule has 34 heavy (non-hydrogen) atoms. The van der Waals surface area contributed by atoms with Gasteiger partial charge in [-0.15, -0.1) is 10.2 Å². The van der Waals surface area contributed by atoms with Crippen molar-refractivity contribution in [1.82, 2.24) is 24.6 Å². The monoisotopic (exact) mass is 495 g/mol. The van der Waals surface area contributed by atoms with Gasteiger partial charge in [0.05, 0.1) is 5.75 Å². The molecule has 0 unspecified atom stereocenters. The lowest BCUT2D eigenvalue weighted by atomic mass is 10.1. The Kier molecular flexibility index (Phi) is 6.87. The van der Waals surface area contributed by atoms with Crippen LogP contribution in [0.5, 0.6) is 0 Å². The molecule has 2 amide bonds. The molecular weight excluding hydrogens is 470 g/mol. The summed E-state index contributed by atoms with van der Waals surface area (Å²) in [6.07, 6.45) is 2.65. The van der Waals surface area contributed by atoms with Crippen LogP contribution in [-0.2, 0) is 16.0 Å². The normalized spacial score (nSPS) is 16.0. The fourth-order valence-electron chi connectivity index (χ4n) is 4.12. The number of halogens is 1. The Hall–Kier alpha value is -2.84. The number of rotatable bonds is 7. The zero-order chi connectivity index (χ0) is 23.5. The van der Waals surface area contributed by atoms with Crippen molar-refractivity contribution in [2.75, 3.05) is 31.9 Å². The van der Waals surface area contributed by atoms with Crippen LogP contribution in [0, 0.1) is 5.92 Å². The van der Waals surface area contributed by atoms with Crippen LogP contribution < -0.4 is 0 Å². The first-order valence-corrected chi connectivity index (χ1v) is 12.9. The van der Waals surface area contributed by atoms with Gasteiger partial charge < -0.3 is 9.80 Å². The summed E-state index contributed by atoms with van der Waals surface area (Å²) in [6.45, 7) is 2.41. The average Bonchev–Trinajstić information content (AvgIpc) is 3.65. The van der Waals surface area contributed by atoms with E-state index in [1.54, 1.807) is 0 Å². The van der Waals surface area contributed by atoms with Gasteiger partial charge in [-0.2, -0.15) is 0 Å². The largest absolute Gasteiger partial charge is 0.339 e. The number of nitrogens with zero attached hydrogens (tertiary/aromatic N) is 5. The number of hydrogen-bond acceptors (Lipinski definition) is 5. The molecule has 2 heterocycles. The second-order valence-corrected chi connectivity index (χ2v) is 10.0. The third kappa shape index (κ3) is 5.28. The van der Waals surface area contributed by atoms with Gasteiger partial charge in [-0.3, -0.25) is 14.2 Å². The van der Waals surface area contributed by atoms with Gasteiger partial charge in [0, 0.05) is 49.2 Å². The maximum atomic E-state index is 12.9. The van der Waals surface area contributed by atoms with E-state index in [4.69, 9.17) is 11.6 Å². The highest BCUT2D eigenvalue weighted by Gasteiger charge is 2.35. The first kappa shape index (κ1) is 22.9. The zero-order valence-electron chi connectivity index (χ0n) is 18.8. The van der Waals surface area contributed by atoms with E-state index in [1.165, 1.54) is 11.8 Å². The summed E-state index contributed by atoms with van der Waals surface area (Å²) in [7, 11) is 0. The molecule has 0 spiro atoms. The molecule has 0 N–H and O–H groups in total. The van der Waals surface area contributed by atoms with E-state index in [0.29, 0.717) is 42.8 Å². The third-order valence-corrected chi connectivity index (χ3v) is 7.35. The molecule has 176 valence electrons. The van der Waals surface area contributed by atoms with E-state index in [1.807, 2.05) is 56.8 Å². The molecule has 1 saturated carbocycles. The highest BCUT2D eigenvalue weighted by Crippen LogP contribution is 2.31. The van der Waals surface area contributed by atoms with Crippen molar-refractivity contribution in [2.45, 2.75) is 24.4 Å². The van der Waals surface area contributed by atoms with Crippen LogP contribution in [0.25, 0.3) is 5.69 Å². The number of benzene rings is 2. The lowest BCUT2D eigenvalue weighted by molar-refractivity contribution is -0.139. The summed E-state index contributed by atoms with van der Waals surface area (Å²) in [4.78, 5) is 28.9. The zero-order valence-corrected chi connectivity index (χ0v) is 20.3. The molecule has 7 nitrogen and oxygen atoms in total. The molecule has 9 heteroatoms. The Morgan fingerprint density at radius 2 is 1.59 bits per heavy atom. The quantitative estimate of drug-likeness (QED) is 0.467. The summed E-state index contributed by atoms with van der Waals surface area (Å²) < 4.78 is 1.99. The average molecular weight is 496 g/mol. The Bertz CT molecular complexity index is 1160. The molecule has 2 aliphatic rings. The van der Waals surface area contributed by atoms with Gasteiger partial charge in [0.1, 0.15) is 5.82 Å². The van der Waals surface area contributed by atoms with Crippen LogP contribution in [0.2, 0.25) is 5.02 Å². The van der Waals surface area contributed by atoms with Crippen molar-refractivity contribution in [3.63, 3.8) is 0 Å². The minimum absolute atomic E-state index is 0.0544. The summed E-state index contributed by atoms with van der Waals surface area (Å²) in [5, 5.41) is 10.2. The Balaban J connectivity index is 1.27. The van der Waals surface area contributed by atoms with Gasteiger partial charge >= 0.3 is 0 Å². The molecule has 0 atom stereocenters. The molecule has 5 rings (SSSR count). The number of thioether (sulfide) groups is 1. The lowest BCUT2D eigenvalue weighted by Crippen LogP contribution is -2.51. The van der Waals surface area contributed by atoms with Gasteiger partial charge in [-0.1, -0.05) is 53.7 Å². The van der Waals surface area contributed by atoms with E-state index in [9.17, 15) is 9.59 Å². The number of carbonyl (C=O) groups is 2. The van der Waals surface area contributed by atoms with Crippen LogP contribution in [0.3, 0.4) is 0 Å². The van der Waals surface area contributed by atoms with Crippen molar-refractivity contribution in [2.24, 2.45) is 5.92 Å². The standard InChI is InChI=1S/C25H26ClN5O2S/c26-20-8-10-21(11-9-20)31-22(16-18-4-2-1-3-5-18)27-28-25(31)34-17-23(32)29-12-14-30(15-13-29)24(33)19-6-7-19/h1-5,8-11,19H,6-7,12-17H2. The summed E-state index contributed by atoms with van der Waals surface area (Å²) >= 11 is 7.49. The molecule has 1 aliphatic heterocycles. The van der Waals surface area contributed by atoms with Gasteiger partial charge in [-0.05, 0) is 42.7 Å². The number of piperazine rings is 1. The van der Waals surface area contributed by atoms with E-state index >= 15 is 0 Å². The minimum atomic E-state index is 0.0544. The first-order valence-electron chi connectivity index (χ1n) is 11.5. The van der Waals surface area contributed by atoms with E-state index in [2.05, 4.69) is 22.3 Å². The van der Waals surface area contributed by atoms with E-state index < -0.39 is 0 Å². The molecule has 1 saturated heterocycles. The molecular formula is C25H26ClN5O2S. The summed E-state index contributed by atoms with van der Waals surface area (Å²) in [6, 6.07) is 17.7. The fourth-order valence-corrected chi connectivity index (χ4v) is 5.12. The van der Waals surface area contributed by atoms with Crippen LogP contribution >= 0.6 is 23.4 Å². The van der Waals surface area contributed by atoms with Gasteiger partial charge in [-0.25, -0.2) is 0 Å². The second kappa shape index (κ2) is 10.2. The first-order chi connectivity index (χ1) is 16.6. The fraction of sp³-hybridized carbons (Fsp3) is 0.360. The predicted octanol–water partition coefficient (Wildman–Crippen LogP) is 3.68. The SMILES string of the molecule is O=C(CSc1nnc(Cc2ccccc2)n1-c1ccc(Cl)cc1)N1CCN(C(=O)C2CC2)CC1. The summed E-state index contributed by atoms with van der Waals surface area (Å²) in [5.41, 5.74) is 2.04. The Morgan fingerprint density at radius 1 is 0.912 bits per heavy atom. The van der Waals surface area contributed by atoms with Crippen LogP contribution in [0.1, 0.15) is 24.2 Å². The van der Waals surface area contributed by atoms with Crippen LogP contribution in [0.4, 0.5) is 0 Å². The molecule has 0 bridgehead atoms. The lowest BCUT2D eigenvalue weighted by Gasteiger charge is -2.34. The minimum Gasteiger partial charge on any atom is -0.339 e. The van der Waals surface area contributed by atoms with Crippen molar-refractivity contribution in [1.29, 1.82) is 0 Å². The third-order valence-electron chi connectivity index (χ3n) is 6.19. The van der Waals surface area contributed by atoms with Crippen molar-refractivity contribution < 1.29 is 9.59 Å². The molecule has 2 fully saturated rings. The van der Waals surface area contributed by atoms with E-state index in [0.717, 1.165) is 29.9 Å². The highest BCUT2D eigenvalue weighted by molar-refractivity contribution is 7.99. The van der Waals surface area contributed by atoms with Gasteiger partial charge in [0.2, 0.25) is 11.8 Å². The van der Waals surface area contributed by atoms with E-state index in [-0.39, 0.29) is 23.5 Å². The number of hydrogen-bond donors (Lipinski definition) is 0. The topological polar surface area (TPSA) is 71.3 Å². The molecule has 2 aromatic carbocycles. The smallest absolute Gasteiger partial charge is 0.233 e. The van der Waals surface area contributed by atoms with Crippen molar-refractivity contribution in [3.05, 3.63) is 71.0 Å². The van der Waals surface area contributed by atoms with Gasteiger partial charge in [0.15, 0.2) is 5.16 Å². The molecule has 0 radical (unpaired) electrons. The van der Waals surface area contributed by atoms with Crippen molar-refractivity contribution >= 4 is 35.2 Å².